The molecule has 0 aliphatic heterocycles. The van der Waals surface area contributed by atoms with E-state index in [-0.39, 0.29) is 31.2 Å². The van der Waals surface area contributed by atoms with Crippen LogP contribution >= 0.6 is 0 Å². The Kier molecular flexibility index (Phi) is 10.7. The highest BCUT2D eigenvalue weighted by Crippen LogP contribution is 2.08. The Labute approximate surface area is 173 Å². The summed E-state index contributed by atoms with van der Waals surface area (Å²) in [5.41, 5.74) is -1.20. The summed E-state index contributed by atoms with van der Waals surface area (Å²) in [5, 5.41) is 7.85. The molecule has 0 aromatic heterocycles. The second-order valence-corrected chi connectivity index (χ2v) is 9.01. The molecule has 0 heterocycles. The molecule has 0 aliphatic carbocycles. The van der Waals surface area contributed by atoms with Gasteiger partial charge in [-0.15, -0.1) is 0 Å². The maximum absolute atomic E-state index is 12.3. The minimum Gasteiger partial charge on any atom is -0.444 e. The van der Waals surface area contributed by atoms with E-state index >= 15 is 0 Å². The van der Waals surface area contributed by atoms with Gasteiger partial charge in [-0.3, -0.25) is 9.59 Å². The number of rotatable bonds is 9. The van der Waals surface area contributed by atoms with E-state index in [1.54, 1.807) is 48.5 Å². The zero-order valence-corrected chi connectivity index (χ0v) is 18.9. The van der Waals surface area contributed by atoms with E-state index in [0.29, 0.717) is 6.42 Å². The van der Waals surface area contributed by atoms with Crippen molar-refractivity contribution in [2.45, 2.75) is 85.5 Å². The molecule has 0 unspecified atom stereocenters. The fourth-order valence-corrected chi connectivity index (χ4v) is 2.16. The molecule has 9 heteroatoms. The minimum atomic E-state index is -0.710. The Morgan fingerprint density at radius 2 is 1.21 bits per heavy atom. The van der Waals surface area contributed by atoms with Crippen LogP contribution in [0.15, 0.2) is 0 Å². The molecule has 0 radical (unpaired) electrons. The molecule has 3 N–H and O–H groups in total. The van der Waals surface area contributed by atoms with Crippen molar-refractivity contribution >= 4 is 23.9 Å². The number of ether oxygens (including phenoxy) is 2. The third-order valence-corrected chi connectivity index (χ3v) is 3.60. The van der Waals surface area contributed by atoms with Crippen LogP contribution in [0.25, 0.3) is 0 Å². The Morgan fingerprint density at radius 3 is 1.59 bits per heavy atom. The first-order chi connectivity index (χ1) is 13.1. The molecule has 0 rings (SSSR count). The van der Waals surface area contributed by atoms with E-state index < -0.39 is 35.3 Å². The van der Waals surface area contributed by atoms with Crippen LogP contribution < -0.4 is 16.0 Å². The lowest BCUT2D eigenvalue weighted by Gasteiger charge is -2.22. The maximum Gasteiger partial charge on any atom is 0.407 e. The second kappa shape index (κ2) is 11.6. The summed E-state index contributed by atoms with van der Waals surface area (Å²) >= 11 is 0. The zero-order valence-electron chi connectivity index (χ0n) is 18.9. The van der Waals surface area contributed by atoms with Crippen LogP contribution in [0, 0.1) is 5.92 Å². The van der Waals surface area contributed by atoms with Gasteiger partial charge in [0.05, 0.1) is 6.04 Å². The van der Waals surface area contributed by atoms with Gasteiger partial charge in [0.2, 0.25) is 5.91 Å². The van der Waals surface area contributed by atoms with Crippen molar-refractivity contribution in [3.8, 4) is 0 Å². The summed E-state index contributed by atoms with van der Waals surface area (Å²) in [6.45, 7) is 14.1. The van der Waals surface area contributed by atoms with Crippen molar-refractivity contribution in [3.63, 3.8) is 0 Å². The number of carbonyl (C=O) groups excluding carboxylic acids is 4. The zero-order chi connectivity index (χ0) is 22.8. The average Bonchev–Trinajstić information content (AvgIpc) is 2.49. The second-order valence-electron chi connectivity index (χ2n) is 9.01. The van der Waals surface area contributed by atoms with Gasteiger partial charge < -0.3 is 25.4 Å². The number of hydrogen-bond donors (Lipinski definition) is 3. The predicted octanol–water partition coefficient (Wildman–Crippen LogP) is 2.53. The van der Waals surface area contributed by atoms with Crippen molar-refractivity contribution in [2.24, 2.45) is 5.92 Å². The van der Waals surface area contributed by atoms with Crippen molar-refractivity contribution in [1.29, 1.82) is 0 Å². The van der Waals surface area contributed by atoms with Gasteiger partial charge in [0.25, 0.3) is 0 Å². The first-order valence-corrected chi connectivity index (χ1v) is 9.85. The third kappa shape index (κ3) is 14.3. The van der Waals surface area contributed by atoms with Crippen LogP contribution in [-0.2, 0) is 19.1 Å². The number of hydrogen-bond acceptors (Lipinski definition) is 6. The maximum atomic E-state index is 12.3. The highest BCUT2D eigenvalue weighted by Gasteiger charge is 2.22. The molecular formula is C20H37N3O6. The monoisotopic (exact) mass is 415 g/mol. The predicted molar refractivity (Wildman–Crippen MR) is 109 cm³/mol. The number of Topliss-reactive ketones (excluding diaryl/α,β-unsaturated/α-hetero) is 1. The van der Waals surface area contributed by atoms with Crippen molar-refractivity contribution in [3.05, 3.63) is 0 Å². The standard InChI is InChI=1S/C20H37N3O6/c1-13(9-11-21-17(26)28-19(3,4)5)16(25)23-15(14(2)24)10-12-22-18(27)29-20(6,7)8/h13,15H,9-12H2,1-8H3,(H,21,26)(H,22,27)(H,23,25)/t13-,15-/m0/s1. The summed E-state index contributed by atoms with van der Waals surface area (Å²) in [4.78, 5) is 47.4. The van der Waals surface area contributed by atoms with E-state index in [2.05, 4.69) is 16.0 Å². The SMILES string of the molecule is CC(=O)[C@H](CCNC(=O)OC(C)(C)C)NC(=O)[C@@H](C)CCNC(=O)OC(C)(C)C. The molecule has 3 amide bonds. The number of ketones is 1. The van der Waals surface area contributed by atoms with Gasteiger partial charge in [-0.05, 0) is 61.3 Å². The lowest BCUT2D eigenvalue weighted by Crippen LogP contribution is -2.45. The topological polar surface area (TPSA) is 123 Å². The van der Waals surface area contributed by atoms with Crippen LogP contribution in [-0.4, -0.2) is 54.2 Å². The molecule has 0 aliphatic rings. The fourth-order valence-electron chi connectivity index (χ4n) is 2.16. The molecule has 29 heavy (non-hydrogen) atoms. The Balaban J connectivity index is 4.36. The molecule has 168 valence electrons. The average molecular weight is 416 g/mol. The summed E-state index contributed by atoms with van der Waals surface area (Å²) < 4.78 is 10.3. The van der Waals surface area contributed by atoms with Crippen molar-refractivity contribution in [2.75, 3.05) is 13.1 Å². The summed E-state index contributed by atoms with van der Waals surface area (Å²) in [5.74, 6) is -0.914. The molecule has 9 nitrogen and oxygen atoms in total. The van der Waals surface area contributed by atoms with Gasteiger partial charge in [0, 0.05) is 19.0 Å². The van der Waals surface area contributed by atoms with Crippen LogP contribution in [0.1, 0.15) is 68.2 Å². The number of nitrogens with one attached hydrogen (secondary N) is 3. The molecule has 0 fully saturated rings. The highest BCUT2D eigenvalue weighted by atomic mass is 16.6. The quantitative estimate of drug-likeness (QED) is 0.532. The highest BCUT2D eigenvalue weighted by molar-refractivity contribution is 5.88. The normalized spacial score (nSPS) is 13.7. The van der Waals surface area contributed by atoms with Gasteiger partial charge in [0.15, 0.2) is 5.78 Å². The van der Waals surface area contributed by atoms with Gasteiger partial charge >= 0.3 is 12.2 Å². The van der Waals surface area contributed by atoms with Gasteiger partial charge in [-0.25, -0.2) is 9.59 Å². The van der Waals surface area contributed by atoms with E-state index in [1.807, 2.05) is 0 Å². The Bertz CT molecular complexity index is 578. The van der Waals surface area contributed by atoms with Gasteiger partial charge in [-0.2, -0.15) is 0 Å². The Morgan fingerprint density at radius 1 is 0.793 bits per heavy atom. The number of amides is 3. The summed E-state index contributed by atoms with van der Waals surface area (Å²) in [6, 6.07) is -0.710. The molecule has 0 saturated carbocycles. The minimum absolute atomic E-state index is 0.189. The molecule has 0 aromatic carbocycles. The molecule has 0 bridgehead atoms. The number of carbonyl (C=O) groups is 4. The largest absolute Gasteiger partial charge is 0.444 e. The summed E-state index contributed by atoms with van der Waals surface area (Å²) in [7, 11) is 0. The molecular weight excluding hydrogens is 378 g/mol. The Hall–Kier alpha value is -2.32. The lowest BCUT2D eigenvalue weighted by atomic mass is 10.0. The number of alkyl carbamates (subject to hydrolysis) is 2. The van der Waals surface area contributed by atoms with Gasteiger partial charge in [-0.1, -0.05) is 6.92 Å². The summed E-state index contributed by atoms with van der Waals surface area (Å²) in [6.07, 6.45) is -0.470. The van der Waals surface area contributed by atoms with E-state index in [9.17, 15) is 19.2 Å². The molecule has 0 spiro atoms. The van der Waals surface area contributed by atoms with Crippen LogP contribution in [0.5, 0.6) is 0 Å². The van der Waals surface area contributed by atoms with E-state index in [1.165, 1.54) is 6.92 Å². The van der Waals surface area contributed by atoms with Crippen LogP contribution in [0.2, 0.25) is 0 Å². The first kappa shape index (κ1) is 26.7. The third-order valence-electron chi connectivity index (χ3n) is 3.60. The van der Waals surface area contributed by atoms with Gasteiger partial charge in [0.1, 0.15) is 11.2 Å². The molecule has 2 atom stereocenters. The van der Waals surface area contributed by atoms with Crippen LogP contribution in [0.3, 0.4) is 0 Å². The lowest BCUT2D eigenvalue weighted by molar-refractivity contribution is -0.129. The van der Waals surface area contributed by atoms with Crippen molar-refractivity contribution < 1.29 is 28.7 Å². The molecule has 0 saturated heterocycles. The fraction of sp³-hybridized carbons (Fsp3) is 0.800. The van der Waals surface area contributed by atoms with E-state index in [0.717, 1.165) is 0 Å². The smallest absolute Gasteiger partial charge is 0.407 e. The first-order valence-electron chi connectivity index (χ1n) is 9.85. The van der Waals surface area contributed by atoms with Crippen molar-refractivity contribution in [1.82, 2.24) is 16.0 Å². The molecule has 0 aromatic rings. The van der Waals surface area contributed by atoms with E-state index in [4.69, 9.17) is 9.47 Å². The van der Waals surface area contributed by atoms with Crippen LogP contribution in [0.4, 0.5) is 9.59 Å².